The second-order valence-corrected chi connectivity index (χ2v) is 12.2. The summed E-state index contributed by atoms with van der Waals surface area (Å²) in [7, 11) is -7.70. The van der Waals surface area contributed by atoms with E-state index < -0.39 is 52.9 Å². The van der Waals surface area contributed by atoms with Crippen LogP contribution in [0.25, 0.3) is 0 Å². The summed E-state index contributed by atoms with van der Waals surface area (Å²) in [4.78, 5) is 12.2. The first-order valence-electron chi connectivity index (χ1n) is 7.14. The van der Waals surface area contributed by atoms with Crippen LogP contribution in [0.1, 0.15) is 11.1 Å². The highest BCUT2D eigenvalue weighted by Gasteiger charge is 2.49. The Morgan fingerprint density at radius 2 is 1.80 bits per heavy atom. The Balaban J connectivity index is 2.39. The van der Waals surface area contributed by atoms with Gasteiger partial charge < -0.3 is 0 Å². The number of Topliss-reactive ketones (excluding diaryl/α,β-unsaturated/α-hetero) is 1. The van der Waals surface area contributed by atoms with Crippen molar-refractivity contribution < 1.29 is 21.6 Å². The van der Waals surface area contributed by atoms with Crippen molar-refractivity contribution in [1.29, 1.82) is 0 Å². The van der Waals surface area contributed by atoms with Crippen LogP contribution in [0.15, 0.2) is 23.1 Å². The van der Waals surface area contributed by atoms with Crippen molar-refractivity contribution >= 4 is 60.4 Å². The van der Waals surface area contributed by atoms with E-state index in [4.69, 9.17) is 34.8 Å². The number of rotatable bonds is 4. The van der Waals surface area contributed by atoms with Crippen molar-refractivity contribution in [3.05, 3.63) is 29.3 Å². The van der Waals surface area contributed by atoms with Crippen molar-refractivity contribution in [2.75, 3.05) is 11.5 Å². The molecule has 0 radical (unpaired) electrons. The molecule has 2 atom stereocenters. The normalized spacial score (nSPS) is 23.6. The smallest absolute Gasteiger partial charge is 0.249 e. The number of hydrogen-bond donors (Lipinski definition) is 1. The van der Waals surface area contributed by atoms with Crippen LogP contribution in [-0.2, 0) is 24.7 Å². The summed E-state index contributed by atoms with van der Waals surface area (Å²) < 4.78 is 49.1. The van der Waals surface area contributed by atoms with E-state index in [9.17, 15) is 21.6 Å². The average molecular weight is 449 g/mol. The lowest BCUT2D eigenvalue weighted by atomic mass is 10.0. The van der Waals surface area contributed by atoms with Gasteiger partial charge in [-0.05, 0) is 31.0 Å². The van der Waals surface area contributed by atoms with Crippen LogP contribution in [0.4, 0.5) is 0 Å². The number of nitrogens with one attached hydrogen (secondary N) is 1. The molecule has 1 saturated heterocycles. The molecule has 0 spiro atoms. The molecule has 140 valence electrons. The molecule has 1 N–H and O–H groups in total. The van der Waals surface area contributed by atoms with Crippen LogP contribution in [0.5, 0.6) is 0 Å². The molecule has 11 heteroatoms. The molecule has 0 saturated carbocycles. The van der Waals surface area contributed by atoms with Gasteiger partial charge in [-0.1, -0.05) is 46.9 Å². The van der Waals surface area contributed by atoms with E-state index >= 15 is 0 Å². The van der Waals surface area contributed by atoms with Gasteiger partial charge in [0.05, 0.1) is 22.3 Å². The number of aryl methyl sites for hydroxylation is 2. The molecule has 25 heavy (non-hydrogen) atoms. The van der Waals surface area contributed by atoms with Crippen LogP contribution < -0.4 is 4.72 Å². The predicted octanol–water partition coefficient (Wildman–Crippen LogP) is 1.93. The summed E-state index contributed by atoms with van der Waals surface area (Å²) in [5, 5.41) is 0. The summed E-state index contributed by atoms with van der Waals surface area (Å²) in [5.74, 6) is -3.32. The highest BCUT2D eigenvalue weighted by Crippen LogP contribution is 2.35. The molecule has 1 fully saturated rings. The maximum atomic E-state index is 12.7. The van der Waals surface area contributed by atoms with Crippen molar-refractivity contribution in [3.63, 3.8) is 0 Å². The SMILES string of the molecule is Cc1ccc(C)c(S(=O)(=O)N[C@H]2CS(=O)(=O)C[C@H]2C(=O)C(Cl)(Cl)Cl)c1. The molecule has 0 amide bonds. The van der Waals surface area contributed by atoms with Gasteiger partial charge in [0.1, 0.15) is 0 Å². The Morgan fingerprint density at radius 1 is 1.20 bits per heavy atom. The maximum Gasteiger partial charge on any atom is 0.249 e. The van der Waals surface area contributed by atoms with Crippen molar-refractivity contribution in [1.82, 2.24) is 4.72 Å². The summed E-state index contributed by atoms with van der Waals surface area (Å²) >= 11 is 16.7. The van der Waals surface area contributed by atoms with Gasteiger partial charge in [-0.3, -0.25) is 4.79 Å². The highest BCUT2D eigenvalue weighted by atomic mass is 35.6. The van der Waals surface area contributed by atoms with Gasteiger partial charge in [0, 0.05) is 6.04 Å². The maximum absolute atomic E-state index is 12.7. The van der Waals surface area contributed by atoms with Crippen LogP contribution >= 0.6 is 34.8 Å². The lowest BCUT2D eigenvalue weighted by Gasteiger charge is -2.22. The van der Waals surface area contributed by atoms with Gasteiger partial charge in [-0.25, -0.2) is 21.6 Å². The van der Waals surface area contributed by atoms with Gasteiger partial charge in [0.2, 0.25) is 13.8 Å². The standard InChI is InChI=1S/C14H16Cl3NO5S2/c1-8-3-4-9(2)12(5-8)25(22,23)18-11-7-24(20,21)6-10(11)13(19)14(15,16)17/h3-5,10-11,18H,6-7H2,1-2H3/t10-,11+/m1/s1. The number of carbonyl (C=O) groups is 1. The summed E-state index contributed by atoms with van der Waals surface area (Å²) in [6, 6.07) is 3.66. The fourth-order valence-electron chi connectivity index (χ4n) is 2.69. The summed E-state index contributed by atoms with van der Waals surface area (Å²) in [6.07, 6.45) is 0. The van der Waals surface area contributed by atoms with Crippen LogP contribution in [0.2, 0.25) is 0 Å². The number of carbonyl (C=O) groups excluding carboxylic acids is 1. The molecule has 2 rings (SSSR count). The summed E-state index contributed by atoms with van der Waals surface area (Å²) in [6.45, 7) is 3.34. The molecule has 6 nitrogen and oxygen atoms in total. The van der Waals surface area contributed by atoms with Crippen LogP contribution in [-0.4, -0.2) is 44.0 Å². The number of benzene rings is 1. The van der Waals surface area contributed by atoms with Crippen molar-refractivity contribution in [2.24, 2.45) is 5.92 Å². The molecule has 0 bridgehead atoms. The second-order valence-electron chi connectivity index (χ2n) is 6.04. The lowest BCUT2D eigenvalue weighted by Crippen LogP contribution is -2.45. The first-order chi connectivity index (χ1) is 11.2. The molecule has 1 heterocycles. The van der Waals surface area contributed by atoms with E-state index in [0.717, 1.165) is 5.56 Å². The number of sulfone groups is 1. The van der Waals surface area contributed by atoms with E-state index in [0.29, 0.717) is 5.56 Å². The summed E-state index contributed by atoms with van der Waals surface area (Å²) in [5.41, 5.74) is 1.21. The largest absolute Gasteiger partial charge is 0.294 e. The Morgan fingerprint density at radius 3 is 2.36 bits per heavy atom. The highest BCUT2D eigenvalue weighted by molar-refractivity contribution is 7.92. The zero-order valence-corrected chi connectivity index (χ0v) is 17.2. The fraction of sp³-hybridized carbons (Fsp3) is 0.500. The Labute approximate surface area is 161 Å². The third kappa shape index (κ3) is 4.87. The predicted molar refractivity (Wildman–Crippen MR) is 97.5 cm³/mol. The Hall–Kier alpha value is -0.380. The zero-order chi connectivity index (χ0) is 19.2. The first-order valence-corrected chi connectivity index (χ1v) is 11.6. The molecule has 1 aromatic rings. The quantitative estimate of drug-likeness (QED) is 0.710. The average Bonchev–Trinajstić information content (AvgIpc) is 2.73. The van der Waals surface area contributed by atoms with E-state index in [1.165, 1.54) is 6.07 Å². The van der Waals surface area contributed by atoms with Crippen molar-refractivity contribution in [3.8, 4) is 0 Å². The third-order valence-corrected chi connectivity index (χ3v) is 7.83. The number of alkyl halides is 3. The molecule has 0 aromatic heterocycles. The first kappa shape index (κ1) is 20.9. The van der Waals surface area contributed by atoms with Gasteiger partial charge in [-0.2, -0.15) is 0 Å². The number of halogens is 3. The number of ketones is 1. The molecule has 1 aliphatic rings. The molecular weight excluding hydrogens is 433 g/mol. The van der Waals surface area contributed by atoms with Crippen molar-refractivity contribution in [2.45, 2.75) is 28.6 Å². The van der Waals surface area contributed by atoms with Gasteiger partial charge in [0.25, 0.3) is 0 Å². The van der Waals surface area contributed by atoms with E-state index in [-0.39, 0.29) is 4.90 Å². The molecule has 0 unspecified atom stereocenters. The van der Waals surface area contributed by atoms with Gasteiger partial charge >= 0.3 is 0 Å². The van der Waals surface area contributed by atoms with Crippen LogP contribution in [0.3, 0.4) is 0 Å². The Kier molecular flexibility index (Phi) is 5.84. The monoisotopic (exact) mass is 447 g/mol. The second kappa shape index (κ2) is 6.98. The molecule has 1 aliphatic heterocycles. The fourth-order valence-corrected chi connectivity index (χ4v) is 6.75. The minimum Gasteiger partial charge on any atom is -0.294 e. The van der Waals surface area contributed by atoms with Gasteiger partial charge in [-0.15, -0.1) is 0 Å². The number of hydrogen-bond acceptors (Lipinski definition) is 5. The zero-order valence-electron chi connectivity index (χ0n) is 13.3. The molecule has 0 aliphatic carbocycles. The van der Waals surface area contributed by atoms with E-state index in [1.54, 1.807) is 26.0 Å². The van der Waals surface area contributed by atoms with E-state index in [1.807, 2.05) is 0 Å². The lowest BCUT2D eigenvalue weighted by molar-refractivity contribution is -0.121. The third-order valence-electron chi connectivity index (χ3n) is 3.91. The topological polar surface area (TPSA) is 97.4 Å². The molecule has 1 aromatic carbocycles. The minimum atomic E-state index is -4.05. The Bertz CT molecular complexity index is 907. The van der Waals surface area contributed by atoms with Crippen LogP contribution in [0, 0.1) is 19.8 Å². The number of sulfonamides is 1. The van der Waals surface area contributed by atoms with E-state index in [2.05, 4.69) is 4.72 Å². The minimum absolute atomic E-state index is 0.0110. The van der Waals surface area contributed by atoms with Gasteiger partial charge in [0.15, 0.2) is 15.6 Å². The molecular formula is C14H16Cl3NO5S2.